The molecule has 1 N–H and O–H groups in total. The summed E-state index contributed by atoms with van der Waals surface area (Å²) in [5.74, 6) is -0.0814. The highest BCUT2D eigenvalue weighted by Crippen LogP contribution is 2.13. The number of ether oxygens (including phenoxy) is 1. The van der Waals surface area contributed by atoms with Gasteiger partial charge in [-0.15, -0.1) is 0 Å². The number of carbonyl (C=O) groups is 1. The van der Waals surface area contributed by atoms with Gasteiger partial charge < -0.3 is 14.7 Å². The summed E-state index contributed by atoms with van der Waals surface area (Å²) in [5.41, 5.74) is 0. The maximum Gasteiger partial charge on any atom is 0.305 e. The summed E-state index contributed by atoms with van der Waals surface area (Å²) >= 11 is 0. The number of unbranched alkanes of at least 4 members (excludes halogenated alkanes) is 14. The van der Waals surface area contributed by atoms with Crippen molar-refractivity contribution < 1.29 is 14.6 Å². The number of esters is 1. The van der Waals surface area contributed by atoms with Crippen molar-refractivity contribution in [2.75, 3.05) is 33.4 Å². The van der Waals surface area contributed by atoms with Gasteiger partial charge in [0.05, 0.1) is 6.61 Å². The van der Waals surface area contributed by atoms with E-state index in [-0.39, 0.29) is 12.6 Å². The number of aliphatic hydroxyl groups excluding tert-OH is 1. The molecular weight excluding hydrogens is 338 g/mol. The summed E-state index contributed by atoms with van der Waals surface area (Å²) in [7, 11) is 1.92. The number of hydrogen-bond acceptors (Lipinski definition) is 4. The van der Waals surface area contributed by atoms with Crippen LogP contribution in [-0.4, -0.2) is 49.3 Å². The van der Waals surface area contributed by atoms with E-state index in [1.54, 1.807) is 0 Å². The Bertz CT molecular complexity index is 310. The molecule has 0 saturated heterocycles. The molecule has 0 fully saturated rings. The molecule has 0 aliphatic carbocycles. The van der Waals surface area contributed by atoms with Crippen molar-refractivity contribution in [2.45, 2.75) is 110 Å². The number of nitrogens with zero attached hydrogens (tertiary/aromatic N) is 1. The standard InChI is InChI=1S/C23H47NO3/c1-3-4-5-6-7-8-9-10-11-12-13-14-15-16-17-18-23(26)27-22-20-24(2)19-21-25/h25H,3-22H2,1-2H3. The summed E-state index contributed by atoms with van der Waals surface area (Å²) in [5, 5.41) is 8.80. The van der Waals surface area contributed by atoms with Gasteiger partial charge in [-0.3, -0.25) is 4.79 Å². The Balaban J connectivity index is 3.16. The SMILES string of the molecule is CCCCCCCCCCCCCCCCCC(=O)OCCN(C)CCO. The summed E-state index contributed by atoms with van der Waals surface area (Å²) in [6, 6.07) is 0. The van der Waals surface area contributed by atoms with E-state index in [9.17, 15) is 4.79 Å². The Kier molecular flexibility index (Phi) is 21.2. The summed E-state index contributed by atoms with van der Waals surface area (Å²) in [4.78, 5) is 13.6. The van der Waals surface area contributed by atoms with Crippen molar-refractivity contribution in [1.29, 1.82) is 0 Å². The van der Waals surface area contributed by atoms with Gasteiger partial charge in [0.1, 0.15) is 6.61 Å². The van der Waals surface area contributed by atoms with Crippen molar-refractivity contribution in [3.8, 4) is 0 Å². The Morgan fingerprint density at radius 3 is 1.63 bits per heavy atom. The second-order valence-corrected chi connectivity index (χ2v) is 7.95. The first-order valence-electron chi connectivity index (χ1n) is 11.7. The Labute approximate surface area is 169 Å². The predicted molar refractivity (Wildman–Crippen MR) is 115 cm³/mol. The minimum absolute atomic E-state index is 0.0814. The van der Waals surface area contributed by atoms with Crippen LogP contribution in [0, 0.1) is 0 Å². The molecule has 0 saturated carbocycles. The molecule has 0 atom stereocenters. The molecule has 0 amide bonds. The predicted octanol–water partition coefficient (Wildman–Crippen LogP) is 5.72. The second-order valence-electron chi connectivity index (χ2n) is 7.95. The Hall–Kier alpha value is -0.610. The fourth-order valence-electron chi connectivity index (χ4n) is 3.31. The van der Waals surface area contributed by atoms with E-state index in [1.165, 1.54) is 83.5 Å². The van der Waals surface area contributed by atoms with Crippen molar-refractivity contribution >= 4 is 5.97 Å². The average molecular weight is 386 g/mol. The van der Waals surface area contributed by atoms with E-state index >= 15 is 0 Å². The lowest BCUT2D eigenvalue weighted by Crippen LogP contribution is -2.27. The van der Waals surface area contributed by atoms with Crippen LogP contribution < -0.4 is 0 Å². The Morgan fingerprint density at radius 2 is 1.19 bits per heavy atom. The number of rotatable bonds is 21. The third-order valence-electron chi connectivity index (χ3n) is 5.20. The maximum atomic E-state index is 11.6. The largest absolute Gasteiger partial charge is 0.464 e. The van der Waals surface area contributed by atoms with Gasteiger partial charge in [0.15, 0.2) is 0 Å². The minimum atomic E-state index is -0.0814. The van der Waals surface area contributed by atoms with E-state index in [0.717, 1.165) is 12.8 Å². The van der Waals surface area contributed by atoms with Gasteiger partial charge in [-0.2, -0.15) is 0 Å². The quantitative estimate of drug-likeness (QED) is 0.203. The molecule has 0 heterocycles. The van der Waals surface area contributed by atoms with E-state index in [1.807, 2.05) is 11.9 Å². The topological polar surface area (TPSA) is 49.8 Å². The molecule has 0 radical (unpaired) electrons. The van der Waals surface area contributed by atoms with Crippen LogP contribution in [0.5, 0.6) is 0 Å². The van der Waals surface area contributed by atoms with Crippen molar-refractivity contribution in [3.05, 3.63) is 0 Å². The molecular formula is C23H47NO3. The molecule has 4 heteroatoms. The first-order chi connectivity index (χ1) is 13.2. The number of aliphatic hydroxyl groups is 1. The van der Waals surface area contributed by atoms with Crippen LogP contribution in [0.3, 0.4) is 0 Å². The minimum Gasteiger partial charge on any atom is -0.464 e. The van der Waals surface area contributed by atoms with Crippen LogP contribution in [0.1, 0.15) is 110 Å². The second kappa shape index (κ2) is 21.7. The number of hydrogen-bond donors (Lipinski definition) is 1. The molecule has 0 bridgehead atoms. The van der Waals surface area contributed by atoms with Crippen LogP contribution in [-0.2, 0) is 9.53 Å². The molecule has 4 nitrogen and oxygen atoms in total. The highest BCUT2D eigenvalue weighted by Gasteiger charge is 2.04. The first kappa shape index (κ1) is 26.4. The van der Waals surface area contributed by atoms with Gasteiger partial charge in [0.2, 0.25) is 0 Å². The molecule has 0 spiro atoms. The van der Waals surface area contributed by atoms with Gasteiger partial charge in [0, 0.05) is 19.5 Å². The number of likely N-dealkylation sites (N-methyl/N-ethyl adjacent to an activating group) is 1. The molecule has 162 valence electrons. The van der Waals surface area contributed by atoms with Crippen LogP contribution in [0.2, 0.25) is 0 Å². The van der Waals surface area contributed by atoms with Gasteiger partial charge in [-0.25, -0.2) is 0 Å². The third-order valence-corrected chi connectivity index (χ3v) is 5.20. The van der Waals surface area contributed by atoms with Gasteiger partial charge in [-0.1, -0.05) is 96.8 Å². The van der Waals surface area contributed by atoms with E-state index < -0.39 is 0 Å². The van der Waals surface area contributed by atoms with E-state index in [2.05, 4.69) is 6.92 Å². The lowest BCUT2D eigenvalue weighted by molar-refractivity contribution is -0.144. The van der Waals surface area contributed by atoms with Crippen molar-refractivity contribution in [2.24, 2.45) is 0 Å². The zero-order valence-electron chi connectivity index (χ0n) is 18.4. The Morgan fingerprint density at radius 1 is 0.741 bits per heavy atom. The molecule has 0 aromatic carbocycles. The maximum absolute atomic E-state index is 11.6. The fraction of sp³-hybridized carbons (Fsp3) is 0.957. The van der Waals surface area contributed by atoms with Gasteiger partial charge in [0.25, 0.3) is 0 Å². The van der Waals surface area contributed by atoms with Crippen LogP contribution in [0.4, 0.5) is 0 Å². The normalized spacial score (nSPS) is 11.3. The monoisotopic (exact) mass is 385 g/mol. The average Bonchev–Trinajstić information content (AvgIpc) is 2.65. The number of carbonyl (C=O) groups excluding carboxylic acids is 1. The smallest absolute Gasteiger partial charge is 0.305 e. The zero-order chi connectivity index (χ0) is 20.0. The highest BCUT2D eigenvalue weighted by atomic mass is 16.5. The first-order valence-corrected chi connectivity index (χ1v) is 11.7. The lowest BCUT2D eigenvalue weighted by Gasteiger charge is -2.14. The zero-order valence-corrected chi connectivity index (χ0v) is 18.4. The van der Waals surface area contributed by atoms with E-state index in [4.69, 9.17) is 9.84 Å². The molecule has 0 unspecified atom stereocenters. The molecule has 0 aliphatic rings. The fourth-order valence-corrected chi connectivity index (χ4v) is 3.31. The van der Waals surface area contributed by atoms with Crippen LogP contribution in [0.25, 0.3) is 0 Å². The summed E-state index contributed by atoms with van der Waals surface area (Å²) in [6.45, 7) is 4.15. The lowest BCUT2D eigenvalue weighted by atomic mass is 10.0. The van der Waals surface area contributed by atoms with Gasteiger partial charge in [-0.05, 0) is 13.5 Å². The molecule has 27 heavy (non-hydrogen) atoms. The van der Waals surface area contributed by atoms with Crippen molar-refractivity contribution in [3.63, 3.8) is 0 Å². The molecule has 0 aromatic rings. The van der Waals surface area contributed by atoms with Crippen molar-refractivity contribution in [1.82, 2.24) is 4.90 Å². The third kappa shape index (κ3) is 21.5. The highest BCUT2D eigenvalue weighted by molar-refractivity contribution is 5.69. The van der Waals surface area contributed by atoms with Crippen LogP contribution >= 0.6 is 0 Å². The van der Waals surface area contributed by atoms with Crippen LogP contribution in [0.15, 0.2) is 0 Å². The summed E-state index contributed by atoms with van der Waals surface area (Å²) < 4.78 is 5.22. The van der Waals surface area contributed by atoms with E-state index in [0.29, 0.717) is 26.1 Å². The molecule has 0 aliphatic heterocycles. The molecule has 0 rings (SSSR count). The van der Waals surface area contributed by atoms with Gasteiger partial charge >= 0.3 is 5.97 Å². The molecule has 0 aromatic heterocycles. The summed E-state index contributed by atoms with van der Waals surface area (Å²) in [6.07, 6.45) is 20.6.